The SMILES string of the molecule is COC(Cc1ccccc1)C(C)C=C(C)C=CC1NC(=O)C(CCCN=C(N)N)NC(=O)C(C)C(C(=O)O)NC(=O)C(CC(C)C)NC(=O)C(C)NC(=O)C(CO)NC(=O)CCC(C(=O)O)NC(=O)C1C. The molecule has 23 nitrogen and oxygen atoms in total. The summed E-state index contributed by atoms with van der Waals surface area (Å²) in [7, 11) is 1.60. The largest absolute Gasteiger partial charge is 0.480 e. The smallest absolute Gasteiger partial charge is 0.327 e. The van der Waals surface area contributed by atoms with Gasteiger partial charge in [-0.2, -0.15) is 0 Å². The number of nitrogens with two attached hydrogens (primary N) is 2. The number of rotatable bonds is 16. The number of aliphatic carboxylic acids is 2. The van der Waals surface area contributed by atoms with E-state index in [4.69, 9.17) is 16.2 Å². The maximum Gasteiger partial charge on any atom is 0.327 e. The Bertz CT molecular complexity index is 2100. The minimum absolute atomic E-state index is 0.0163. The number of aliphatic hydroxyl groups is 1. The number of hydrogen-bond donors (Lipinski definition) is 12. The van der Waals surface area contributed by atoms with Gasteiger partial charge in [-0.1, -0.05) is 88.8 Å². The Balaban J connectivity index is 2.72. The van der Waals surface area contributed by atoms with Crippen LogP contribution in [-0.2, 0) is 54.3 Å². The number of hydrogen-bond acceptors (Lipinski definition) is 12. The van der Waals surface area contributed by atoms with E-state index in [2.05, 4.69) is 42.2 Å². The summed E-state index contributed by atoms with van der Waals surface area (Å²) >= 11 is 0. The van der Waals surface area contributed by atoms with Crippen molar-refractivity contribution < 1.29 is 63.2 Å². The molecule has 1 saturated heterocycles. The van der Waals surface area contributed by atoms with Gasteiger partial charge in [-0.05, 0) is 57.4 Å². The Morgan fingerprint density at radius 2 is 1.38 bits per heavy atom. The van der Waals surface area contributed by atoms with Crippen LogP contribution in [0.1, 0.15) is 86.1 Å². The number of ether oxygens (including phenoxy) is 1. The zero-order valence-corrected chi connectivity index (χ0v) is 41.7. The fraction of sp³-hybridized carbons (Fsp3) is 0.583. The average Bonchev–Trinajstić information content (AvgIpc) is 3.30. The van der Waals surface area contributed by atoms with E-state index in [0.29, 0.717) is 12.0 Å². The zero-order chi connectivity index (χ0) is 53.5. The van der Waals surface area contributed by atoms with Crippen molar-refractivity contribution >= 4 is 59.2 Å². The van der Waals surface area contributed by atoms with E-state index in [1.807, 2.05) is 43.3 Å². The summed E-state index contributed by atoms with van der Waals surface area (Å²) in [6.07, 6.45) is 4.43. The minimum Gasteiger partial charge on any atom is -0.480 e. The summed E-state index contributed by atoms with van der Waals surface area (Å²) in [5.74, 6) is -13.0. The first-order valence-corrected chi connectivity index (χ1v) is 23.6. The van der Waals surface area contributed by atoms with Crippen molar-refractivity contribution in [2.45, 2.75) is 135 Å². The highest BCUT2D eigenvalue weighted by Crippen LogP contribution is 2.19. The lowest BCUT2D eigenvalue weighted by Gasteiger charge is -2.28. The number of carbonyl (C=O) groups is 9. The predicted octanol–water partition coefficient (Wildman–Crippen LogP) is -0.877. The van der Waals surface area contributed by atoms with Crippen molar-refractivity contribution in [2.75, 3.05) is 20.3 Å². The molecule has 7 amide bonds. The summed E-state index contributed by atoms with van der Waals surface area (Å²) in [5.41, 5.74) is 12.8. The lowest BCUT2D eigenvalue weighted by molar-refractivity contribution is -0.146. The third kappa shape index (κ3) is 20.9. The molecule has 23 heteroatoms. The monoisotopic (exact) mass is 999 g/mol. The number of carboxylic acid groups (broad SMARTS) is 2. The molecule has 1 aliphatic rings. The molecule has 0 spiro atoms. The third-order valence-corrected chi connectivity index (χ3v) is 11.8. The van der Waals surface area contributed by atoms with Gasteiger partial charge in [0.1, 0.15) is 36.3 Å². The van der Waals surface area contributed by atoms with Gasteiger partial charge in [-0.3, -0.25) is 38.6 Å². The fourth-order valence-corrected chi connectivity index (χ4v) is 7.49. The first-order chi connectivity index (χ1) is 33.4. The topological polar surface area (TPSA) is 372 Å². The number of nitrogens with zero attached hydrogens (tertiary/aromatic N) is 1. The Morgan fingerprint density at radius 3 is 1.96 bits per heavy atom. The molecule has 71 heavy (non-hydrogen) atoms. The van der Waals surface area contributed by atoms with Crippen LogP contribution in [0.5, 0.6) is 0 Å². The Hall–Kier alpha value is -6.88. The fourth-order valence-electron chi connectivity index (χ4n) is 7.49. The zero-order valence-electron chi connectivity index (χ0n) is 41.7. The van der Waals surface area contributed by atoms with Gasteiger partial charge in [0, 0.05) is 26.0 Å². The number of carboxylic acids is 2. The number of benzene rings is 1. The summed E-state index contributed by atoms with van der Waals surface area (Å²) < 4.78 is 5.80. The maximum atomic E-state index is 14.4. The molecule has 11 atom stereocenters. The summed E-state index contributed by atoms with van der Waals surface area (Å²) in [6.45, 7) is 10.2. The predicted molar refractivity (Wildman–Crippen MR) is 261 cm³/mol. The molecule has 2 rings (SSSR count). The van der Waals surface area contributed by atoms with Crippen LogP contribution in [0.2, 0.25) is 0 Å². The molecular formula is C48H74N10O13. The van der Waals surface area contributed by atoms with Crippen LogP contribution in [0.25, 0.3) is 0 Å². The maximum absolute atomic E-state index is 14.4. The number of allylic oxidation sites excluding steroid dienone is 2. The van der Waals surface area contributed by atoms with E-state index in [-0.39, 0.29) is 49.7 Å². The summed E-state index contributed by atoms with van der Waals surface area (Å²) in [5, 5.41) is 47.5. The van der Waals surface area contributed by atoms with E-state index in [0.717, 1.165) is 5.56 Å². The summed E-state index contributed by atoms with van der Waals surface area (Å²) in [6, 6.07) is -0.796. The lowest BCUT2D eigenvalue weighted by Crippen LogP contribution is -2.59. The first-order valence-electron chi connectivity index (χ1n) is 23.6. The number of amides is 7. The summed E-state index contributed by atoms with van der Waals surface area (Å²) in [4.78, 5) is 125. The average molecular weight is 999 g/mol. The lowest BCUT2D eigenvalue weighted by atomic mass is 9.94. The molecule has 1 fully saturated rings. The normalized spacial score (nSPS) is 26.2. The highest BCUT2D eigenvalue weighted by atomic mass is 16.5. The second-order valence-corrected chi connectivity index (χ2v) is 18.2. The van der Waals surface area contributed by atoms with Gasteiger partial charge in [0.25, 0.3) is 0 Å². The second-order valence-electron chi connectivity index (χ2n) is 18.2. The number of carbonyl (C=O) groups excluding carboxylic acids is 7. The molecule has 14 N–H and O–H groups in total. The Morgan fingerprint density at radius 1 is 0.775 bits per heavy atom. The van der Waals surface area contributed by atoms with Crippen molar-refractivity contribution in [3.05, 3.63) is 59.7 Å². The number of methoxy groups -OCH3 is 1. The van der Waals surface area contributed by atoms with Crippen LogP contribution in [0.4, 0.5) is 0 Å². The van der Waals surface area contributed by atoms with Crippen LogP contribution < -0.4 is 48.7 Å². The van der Waals surface area contributed by atoms with Crippen molar-refractivity contribution in [3.8, 4) is 0 Å². The van der Waals surface area contributed by atoms with Gasteiger partial charge in [-0.25, -0.2) is 9.59 Å². The molecule has 394 valence electrons. The van der Waals surface area contributed by atoms with E-state index >= 15 is 0 Å². The molecule has 1 aromatic rings. The highest BCUT2D eigenvalue weighted by Gasteiger charge is 2.37. The second kappa shape index (κ2) is 30.0. The molecule has 11 unspecified atom stereocenters. The van der Waals surface area contributed by atoms with Crippen molar-refractivity contribution in [2.24, 2.45) is 40.1 Å². The van der Waals surface area contributed by atoms with Crippen LogP contribution in [0.3, 0.4) is 0 Å². The molecule has 1 aliphatic heterocycles. The first kappa shape index (κ1) is 60.2. The standard InChI is InChI=1S/C48H74N10O13/c1-25(2)21-35-44(65)58-39(47(69)70)29(6)41(62)55-33(15-12-20-51-48(49)50)43(64)54-32(17-16-26(3)22-27(4)37(71-8)23-31-13-10-9-11-14-31)28(5)40(61)56-34(46(67)68)18-19-38(60)53-36(24-59)45(66)52-30(7)42(63)57-35/h9-11,13-14,16-17,22,25,27-30,32-37,39,59H,12,15,18-21,23-24H2,1-8H3,(H,52,66)(H,53,60)(H,54,64)(H,55,62)(H,56,61)(H,57,63)(H,58,65)(H,67,68)(H,69,70)(H4,49,50,51). The van der Waals surface area contributed by atoms with Gasteiger partial charge in [0.05, 0.1) is 30.6 Å². The quantitative estimate of drug-likeness (QED) is 0.0414. The molecular weight excluding hydrogens is 925 g/mol. The number of aliphatic hydroxyl groups excluding tert-OH is 1. The van der Waals surface area contributed by atoms with E-state index in [9.17, 15) is 58.5 Å². The number of guanidine groups is 1. The van der Waals surface area contributed by atoms with E-state index < -0.39 is 127 Å². The number of aliphatic imine (C=N–C) groups is 1. The van der Waals surface area contributed by atoms with Crippen molar-refractivity contribution in [1.29, 1.82) is 0 Å². The van der Waals surface area contributed by atoms with Gasteiger partial charge in [0.15, 0.2) is 5.96 Å². The van der Waals surface area contributed by atoms with E-state index in [1.165, 1.54) is 26.8 Å². The Kier molecular flexibility index (Phi) is 25.4. The van der Waals surface area contributed by atoms with Crippen molar-refractivity contribution in [1.82, 2.24) is 37.2 Å². The number of nitrogens with one attached hydrogen (secondary N) is 7. The Labute approximate surface area is 414 Å². The van der Waals surface area contributed by atoms with Gasteiger partial charge >= 0.3 is 11.9 Å². The van der Waals surface area contributed by atoms with Gasteiger partial charge in [0.2, 0.25) is 41.4 Å². The molecule has 0 radical (unpaired) electrons. The molecule has 0 saturated carbocycles. The third-order valence-electron chi connectivity index (χ3n) is 11.8. The van der Waals surface area contributed by atoms with Gasteiger partial charge in [-0.15, -0.1) is 0 Å². The van der Waals surface area contributed by atoms with Crippen LogP contribution in [0.15, 0.2) is 59.1 Å². The minimum atomic E-state index is -1.90. The van der Waals surface area contributed by atoms with Crippen LogP contribution in [0, 0.1) is 23.7 Å². The highest BCUT2D eigenvalue weighted by molar-refractivity contribution is 5.97. The van der Waals surface area contributed by atoms with Gasteiger partial charge < -0.3 is 68.7 Å². The molecule has 0 bridgehead atoms. The molecule has 0 aliphatic carbocycles. The molecule has 0 aromatic heterocycles. The van der Waals surface area contributed by atoms with Crippen LogP contribution >= 0.6 is 0 Å². The van der Waals surface area contributed by atoms with Crippen molar-refractivity contribution in [3.63, 3.8) is 0 Å². The van der Waals surface area contributed by atoms with E-state index in [1.54, 1.807) is 34.0 Å². The molecule has 1 aromatic carbocycles. The van der Waals surface area contributed by atoms with Crippen LogP contribution in [-0.4, -0.2) is 143 Å². The molecule has 1 heterocycles.